The first-order chi connectivity index (χ1) is 13.8. The first kappa shape index (κ1) is 20.8. The Hall–Kier alpha value is -2.94. The number of methoxy groups -OCH3 is 1. The largest absolute Gasteiger partial charge is 0.496 e. The Balaban J connectivity index is 1.81. The minimum absolute atomic E-state index is 0.214. The van der Waals surface area contributed by atoms with Crippen molar-refractivity contribution in [1.82, 2.24) is 5.32 Å². The molecular formula is C20H24N2O6S. The van der Waals surface area contributed by atoms with Gasteiger partial charge in [0.05, 0.1) is 19.1 Å². The second-order valence-corrected chi connectivity index (χ2v) is 8.45. The summed E-state index contributed by atoms with van der Waals surface area (Å²) in [7, 11) is -2.18. The van der Waals surface area contributed by atoms with Gasteiger partial charge in [0.15, 0.2) is 11.5 Å². The predicted molar refractivity (Wildman–Crippen MR) is 109 cm³/mol. The number of carbonyl (C=O) groups is 1. The Kier molecular flexibility index (Phi) is 6.17. The average molecular weight is 420 g/mol. The zero-order valence-electron chi connectivity index (χ0n) is 16.5. The molecule has 8 nitrogen and oxygen atoms in total. The highest BCUT2D eigenvalue weighted by Crippen LogP contribution is 2.35. The van der Waals surface area contributed by atoms with Gasteiger partial charge >= 0.3 is 0 Å². The fourth-order valence-corrected chi connectivity index (χ4v) is 4.32. The number of anilines is 1. The molecule has 156 valence electrons. The van der Waals surface area contributed by atoms with Crippen LogP contribution in [0.15, 0.2) is 42.5 Å². The quantitative estimate of drug-likeness (QED) is 0.736. The minimum Gasteiger partial charge on any atom is -0.496 e. The third-order valence-electron chi connectivity index (χ3n) is 4.51. The zero-order chi connectivity index (χ0) is 21.0. The van der Waals surface area contributed by atoms with Gasteiger partial charge in [0.25, 0.3) is 0 Å². The maximum atomic E-state index is 12.8. The molecule has 1 amide bonds. The Morgan fingerprint density at radius 3 is 2.55 bits per heavy atom. The Labute approximate surface area is 170 Å². The molecule has 0 aromatic heterocycles. The standard InChI is InChI=1S/C20H24N2O6S/c1-14(20(23)21-13-15-6-4-5-7-17(15)26-2)22(29(3,24)25)16-8-9-18-19(12-16)28-11-10-27-18/h4-9,12,14H,10-11,13H2,1-3H3,(H,21,23)/t14-/m0/s1. The van der Waals surface area contributed by atoms with Crippen LogP contribution in [0.5, 0.6) is 17.2 Å². The van der Waals surface area contributed by atoms with Crippen LogP contribution in [0.3, 0.4) is 0 Å². The number of rotatable bonds is 7. The van der Waals surface area contributed by atoms with Gasteiger partial charge in [-0.1, -0.05) is 18.2 Å². The minimum atomic E-state index is -3.73. The number of para-hydroxylation sites is 1. The molecule has 0 saturated heterocycles. The van der Waals surface area contributed by atoms with Crippen LogP contribution in [0.1, 0.15) is 12.5 Å². The van der Waals surface area contributed by atoms with Crippen LogP contribution in [-0.2, 0) is 21.4 Å². The molecule has 0 spiro atoms. The van der Waals surface area contributed by atoms with Gasteiger partial charge in [0.2, 0.25) is 15.9 Å². The van der Waals surface area contributed by atoms with Gasteiger partial charge in [-0.2, -0.15) is 0 Å². The van der Waals surface area contributed by atoms with Gasteiger partial charge in [0.1, 0.15) is 25.0 Å². The molecule has 9 heteroatoms. The van der Waals surface area contributed by atoms with Crippen molar-refractivity contribution in [3.05, 3.63) is 48.0 Å². The lowest BCUT2D eigenvalue weighted by Crippen LogP contribution is -2.47. The molecule has 0 fully saturated rings. The molecule has 0 saturated carbocycles. The third kappa shape index (κ3) is 4.73. The molecule has 0 bridgehead atoms. The topological polar surface area (TPSA) is 94.2 Å². The van der Waals surface area contributed by atoms with Crippen LogP contribution < -0.4 is 23.8 Å². The van der Waals surface area contributed by atoms with Crippen LogP contribution in [0, 0.1) is 0 Å². The van der Waals surface area contributed by atoms with E-state index in [9.17, 15) is 13.2 Å². The molecule has 3 rings (SSSR count). The summed E-state index contributed by atoms with van der Waals surface area (Å²) in [5.41, 5.74) is 1.12. The van der Waals surface area contributed by atoms with E-state index in [2.05, 4.69) is 5.32 Å². The summed E-state index contributed by atoms with van der Waals surface area (Å²) in [5.74, 6) is 1.20. The first-order valence-electron chi connectivity index (χ1n) is 9.10. The second-order valence-electron chi connectivity index (χ2n) is 6.59. The molecule has 1 aliphatic heterocycles. The summed E-state index contributed by atoms with van der Waals surface area (Å²) in [6.45, 7) is 2.56. The van der Waals surface area contributed by atoms with E-state index in [0.717, 1.165) is 16.1 Å². The number of nitrogens with one attached hydrogen (secondary N) is 1. The second kappa shape index (κ2) is 8.60. The molecule has 1 atom stereocenters. The molecule has 1 N–H and O–H groups in total. The molecular weight excluding hydrogens is 396 g/mol. The van der Waals surface area contributed by atoms with Crippen LogP contribution in [0.4, 0.5) is 5.69 Å². The van der Waals surface area contributed by atoms with Gasteiger partial charge in [-0.05, 0) is 25.1 Å². The lowest BCUT2D eigenvalue weighted by Gasteiger charge is -2.29. The number of fused-ring (bicyclic) bond motifs is 1. The summed E-state index contributed by atoms with van der Waals surface area (Å²) in [5, 5.41) is 2.78. The highest BCUT2D eigenvalue weighted by atomic mass is 32.2. The van der Waals surface area contributed by atoms with Crippen molar-refractivity contribution in [2.24, 2.45) is 0 Å². The molecule has 2 aromatic rings. The average Bonchev–Trinajstić information content (AvgIpc) is 2.71. The smallest absolute Gasteiger partial charge is 0.243 e. The molecule has 0 aliphatic carbocycles. The maximum absolute atomic E-state index is 12.8. The van der Waals surface area contributed by atoms with Crippen molar-refractivity contribution in [1.29, 1.82) is 0 Å². The summed E-state index contributed by atoms with van der Waals surface area (Å²) >= 11 is 0. The summed E-state index contributed by atoms with van der Waals surface area (Å²) in [6.07, 6.45) is 1.06. The van der Waals surface area contributed by atoms with Gasteiger partial charge in [0, 0.05) is 18.2 Å². The van der Waals surface area contributed by atoms with Crippen molar-refractivity contribution in [2.75, 3.05) is 30.9 Å². The number of amides is 1. The number of benzene rings is 2. The molecule has 1 aliphatic rings. The van der Waals surface area contributed by atoms with Crippen LogP contribution in [-0.4, -0.2) is 46.9 Å². The molecule has 0 unspecified atom stereocenters. The molecule has 2 aromatic carbocycles. The number of hydrogen-bond donors (Lipinski definition) is 1. The van der Waals surface area contributed by atoms with Crippen molar-refractivity contribution >= 4 is 21.6 Å². The SMILES string of the molecule is COc1ccccc1CNC(=O)[C@H](C)N(c1ccc2c(c1)OCCO2)S(C)(=O)=O. The van der Waals surface area contributed by atoms with Crippen LogP contribution in [0.25, 0.3) is 0 Å². The number of nitrogens with zero attached hydrogens (tertiary/aromatic N) is 1. The van der Waals surface area contributed by atoms with E-state index < -0.39 is 22.0 Å². The molecule has 1 heterocycles. The van der Waals surface area contributed by atoms with E-state index in [4.69, 9.17) is 14.2 Å². The molecule has 29 heavy (non-hydrogen) atoms. The van der Waals surface area contributed by atoms with Crippen molar-refractivity contribution in [3.8, 4) is 17.2 Å². The third-order valence-corrected chi connectivity index (χ3v) is 5.76. The van der Waals surface area contributed by atoms with E-state index in [1.807, 2.05) is 18.2 Å². The normalized spacial score (nSPS) is 14.0. The van der Waals surface area contributed by atoms with Crippen LogP contribution >= 0.6 is 0 Å². The monoisotopic (exact) mass is 420 g/mol. The Morgan fingerprint density at radius 2 is 1.86 bits per heavy atom. The number of carbonyl (C=O) groups excluding carboxylic acids is 1. The predicted octanol–water partition coefficient (Wildman–Crippen LogP) is 1.94. The van der Waals surface area contributed by atoms with Crippen molar-refractivity contribution in [2.45, 2.75) is 19.5 Å². The fraction of sp³-hybridized carbons (Fsp3) is 0.350. The number of sulfonamides is 1. The maximum Gasteiger partial charge on any atom is 0.243 e. The lowest BCUT2D eigenvalue weighted by molar-refractivity contribution is -0.122. The van der Waals surface area contributed by atoms with E-state index >= 15 is 0 Å². The Bertz CT molecular complexity index is 992. The van der Waals surface area contributed by atoms with Crippen molar-refractivity contribution in [3.63, 3.8) is 0 Å². The fourth-order valence-electron chi connectivity index (χ4n) is 3.16. The lowest BCUT2D eigenvalue weighted by atomic mass is 10.2. The van der Waals surface area contributed by atoms with E-state index in [1.165, 1.54) is 6.92 Å². The molecule has 0 radical (unpaired) electrons. The summed E-state index contributed by atoms with van der Waals surface area (Å²) in [6, 6.07) is 11.1. The highest BCUT2D eigenvalue weighted by Gasteiger charge is 2.30. The first-order valence-corrected chi connectivity index (χ1v) is 10.9. The number of hydrogen-bond acceptors (Lipinski definition) is 6. The van der Waals surface area contributed by atoms with E-state index in [1.54, 1.807) is 31.4 Å². The summed E-state index contributed by atoms with van der Waals surface area (Å²) < 4.78 is 42.3. The van der Waals surface area contributed by atoms with Gasteiger partial charge in [-0.15, -0.1) is 0 Å². The highest BCUT2D eigenvalue weighted by molar-refractivity contribution is 7.92. The zero-order valence-corrected chi connectivity index (χ0v) is 17.4. The van der Waals surface area contributed by atoms with Crippen LogP contribution in [0.2, 0.25) is 0 Å². The van der Waals surface area contributed by atoms with Gasteiger partial charge < -0.3 is 19.5 Å². The van der Waals surface area contributed by atoms with Gasteiger partial charge in [-0.25, -0.2) is 8.42 Å². The van der Waals surface area contributed by atoms with E-state index in [-0.39, 0.29) is 6.54 Å². The van der Waals surface area contributed by atoms with Gasteiger partial charge in [-0.3, -0.25) is 9.10 Å². The summed E-state index contributed by atoms with van der Waals surface area (Å²) in [4.78, 5) is 12.8. The van der Waals surface area contributed by atoms with E-state index in [0.29, 0.717) is 36.1 Å². The Morgan fingerprint density at radius 1 is 1.17 bits per heavy atom. The number of ether oxygens (including phenoxy) is 3. The van der Waals surface area contributed by atoms with Crippen molar-refractivity contribution < 1.29 is 27.4 Å².